The fraction of sp³-hybridized carbons (Fsp3) is 0.211. The van der Waals surface area contributed by atoms with Crippen LogP contribution in [-0.4, -0.2) is 61.6 Å². The maximum Gasteiger partial charge on any atom is 0.257 e. The number of amides is 1. The average Bonchev–Trinajstić information content (AvgIpc) is 3.22. The molecule has 0 atom stereocenters. The van der Waals surface area contributed by atoms with Crippen molar-refractivity contribution in [3.05, 3.63) is 59.6 Å². The molecule has 3 aromatic rings. The van der Waals surface area contributed by atoms with E-state index in [1.165, 1.54) is 32.6 Å². The quantitative estimate of drug-likeness (QED) is 0.621. The second-order valence-electron chi connectivity index (χ2n) is 6.82. The number of anilines is 2. The number of hydrogen-bond acceptors (Lipinski definition) is 6. The summed E-state index contributed by atoms with van der Waals surface area (Å²) >= 11 is 6.23. The minimum Gasteiger partial charge on any atom is -0.377 e. The lowest BCUT2D eigenvalue weighted by molar-refractivity contribution is 0.102. The summed E-state index contributed by atoms with van der Waals surface area (Å²) < 4.78 is 27.8. The Hall–Kier alpha value is -2.95. The van der Waals surface area contributed by atoms with Crippen LogP contribution in [0.2, 0.25) is 5.02 Å². The van der Waals surface area contributed by atoms with E-state index in [9.17, 15) is 13.2 Å². The van der Waals surface area contributed by atoms with E-state index in [2.05, 4.69) is 15.4 Å². The van der Waals surface area contributed by atoms with Crippen LogP contribution in [-0.2, 0) is 10.0 Å². The van der Waals surface area contributed by atoms with E-state index < -0.39 is 15.9 Å². The first-order valence-corrected chi connectivity index (χ1v) is 10.6. The topological polar surface area (TPSA) is 100 Å². The molecule has 3 rings (SSSR count). The molecular weight excluding hydrogens is 428 g/mol. The zero-order valence-electron chi connectivity index (χ0n) is 16.9. The molecular formula is C19H21ClN6O3S. The summed E-state index contributed by atoms with van der Waals surface area (Å²) in [6.07, 6.45) is 3.00. The summed E-state index contributed by atoms with van der Waals surface area (Å²) in [6.45, 7) is 0. The van der Waals surface area contributed by atoms with Crippen molar-refractivity contribution in [3.63, 3.8) is 0 Å². The molecule has 0 aliphatic rings. The van der Waals surface area contributed by atoms with Gasteiger partial charge < -0.3 is 10.2 Å². The Morgan fingerprint density at radius 3 is 2.30 bits per heavy atom. The Kier molecular flexibility index (Phi) is 6.11. The lowest BCUT2D eigenvalue weighted by Gasteiger charge is -2.20. The third-order valence-electron chi connectivity index (χ3n) is 4.34. The summed E-state index contributed by atoms with van der Waals surface area (Å²) in [5, 5.41) is 6.88. The maximum absolute atomic E-state index is 13.0. The molecule has 158 valence electrons. The van der Waals surface area contributed by atoms with Gasteiger partial charge in [-0.2, -0.15) is 5.10 Å². The minimum atomic E-state index is -3.82. The van der Waals surface area contributed by atoms with Gasteiger partial charge in [-0.3, -0.25) is 4.79 Å². The van der Waals surface area contributed by atoms with E-state index >= 15 is 0 Å². The Morgan fingerprint density at radius 1 is 1.10 bits per heavy atom. The van der Waals surface area contributed by atoms with Crippen LogP contribution in [0.25, 0.3) is 5.69 Å². The molecule has 0 spiro atoms. The van der Waals surface area contributed by atoms with Crippen molar-refractivity contribution in [3.8, 4) is 5.69 Å². The number of nitrogens with zero attached hydrogens (tertiary/aromatic N) is 5. The van der Waals surface area contributed by atoms with Crippen molar-refractivity contribution in [2.75, 3.05) is 38.4 Å². The van der Waals surface area contributed by atoms with Gasteiger partial charge in [-0.15, -0.1) is 0 Å². The highest BCUT2D eigenvalue weighted by Gasteiger charge is 2.25. The standard InChI is InChI=1S/C19H21ClN6O3S/c1-24(2)17-10-16(20)18(30(28,29)25(3)4)9-15(17)19(27)23-13-5-7-14(8-6-13)26-12-21-11-22-26/h5-12H,1-4H3,(H,23,27). The minimum absolute atomic E-state index is 0.0427. The predicted octanol–water partition coefficient (Wildman–Crippen LogP) is 2.49. The third kappa shape index (κ3) is 4.30. The molecule has 1 amide bonds. The SMILES string of the molecule is CN(C)c1cc(Cl)c(S(=O)(=O)N(C)C)cc1C(=O)Nc1ccc(-n2cncn2)cc1. The highest BCUT2D eigenvalue weighted by atomic mass is 35.5. The van der Waals surface area contributed by atoms with Crippen LogP contribution in [0.4, 0.5) is 11.4 Å². The third-order valence-corrected chi connectivity index (χ3v) is 6.62. The van der Waals surface area contributed by atoms with Crippen LogP contribution in [0.3, 0.4) is 0 Å². The van der Waals surface area contributed by atoms with E-state index in [4.69, 9.17) is 11.6 Å². The zero-order chi connectivity index (χ0) is 22.1. The molecule has 1 N–H and O–H groups in total. The first kappa shape index (κ1) is 21.8. The van der Waals surface area contributed by atoms with Gasteiger partial charge in [0.1, 0.15) is 17.6 Å². The van der Waals surface area contributed by atoms with Crippen LogP contribution in [0.1, 0.15) is 10.4 Å². The van der Waals surface area contributed by atoms with Gasteiger partial charge in [0.2, 0.25) is 10.0 Å². The van der Waals surface area contributed by atoms with Crippen molar-refractivity contribution in [1.29, 1.82) is 0 Å². The number of carbonyl (C=O) groups excluding carboxylic acids is 1. The van der Waals surface area contributed by atoms with Crippen LogP contribution >= 0.6 is 11.6 Å². The molecule has 9 nitrogen and oxygen atoms in total. The van der Waals surface area contributed by atoms with Gasteiger partial charge in [-0.1, -0.05) is 11.6 Å². The van der Waals surface area contributed by atoms with Gasteiger partial charge >= 0.3 is 0 Å². The first-order chi connectivity index (χ1) is 14.1. The molecule has 30 heavy (non-hydrogen) atoms. The number of nitrogens with one attached hydrogen (secondary N) is 1. The average molecular weight is 449 g/mol. The molecule has 0 bridgehead atoms. The van der Waals surface area contributed by atoms with E-state index in [0.717, 1.165) is 9.99 Å². The van der Waals surface area contributed by atoms with Crippen molar-refractivity contribution in [1.82, 2.24) is 19.1 Å². The summed E-state index contributed by atoms with van der Waals surface area (Å²) in [5.74, 6) is -0.459. The number of carbonyl (C=O) groups is 1. The first-order valence-electron chi connectivity index (χ1n) is 8.81. The van der Waals surface area contributed by atoms with Crippen LogP contribution in [0.5, 0.6) is 0 Å². The van der Waals surface area contributed by atoms with Gasteiger partial charge in [-0.25, -0.2) is 22.4 Å². The van der Waals surface area contributed by atoms with Gasteiger partial charge in [0.05, 0.1) is 22.0 Å². The molecule has 0 radical (unpaired) electrons. The molecule has 1 aromatic heterocycles. The summed E-state index contributed by atoms with van der Waals surface area (Å²) in [6, 6.07) is 9.77. The predicted molar refractivity (Wildman–Crippen MR) is 116 cm³/mol. The normalized spacial score (nSPS) is 11.5. The number of benzene rings is 2. The fourth-order valence-electron chi connectivity index (χ4n) is 2.73. The van der Waals surface area contributed by atoms with Gasteiger partial charge in [0.25, 0.3) is 5.91 Å². The summed E-state index contributed by atoms with van der Waals surface area (Å²) in [4.78, 5) is 18.5. The van der Waals surface area contributed by atoms with Crippen LogP contribution in [0, 0.1) is 0 Å². The summed E-state index contributed by atoms with van der Waals surface area (Å²) in [7, 11) is 2.48. The highest BCUT2D eigenvalue weighted by Crippen LogP contribution is 2.32. The number of hydrogen-bond donors (Lipinski definition) is 1. The van der Waals surface area contributed by atoms with Gasteiger partial charge in [0, 0.05) is 33.9 Å². The molecule has 0 aliphatic carbocycles. The second-order valence-corrected chi connectivity index (χ2v) is 9.35. The Morgan fingerprint density at radius 2 is 1.77 bits per heavy atom. The molecule has 11 heteroatoms. The number of sulfonamides is 1. The Balaban J connectivity index is 1.96. The largest absolute Gasteiger partial charge is 0.377 e. The number of halogens is 1. The highest BCUT2D eigenvalue weighted by molar-refractivity contribution is 7.89. The molecule has 2 aromatic carbocycles. The Labute approximate surface area is 179 Å². The van der Waals surface area contributed by atoms with Crippen molar-refractivity contribution in [2.45, 2.75) is 4.90 Å². The number of aromatic nitrogens is 3. The molecule has 0 saturated carbocycles. The second kappa shape index (κ2) is 8.42. The van der Waals surface area contributed by atoms with E-state index in [-0.39, 0.29) is 15.5 Å². The van der Waals surface area contributed by atoms with Crippen molar-refractivity contribution in [2.24, 2.45) is 0 Å². The smallest absolute Gasteiger partial charge is 0.257 e. The lowest BCUT2D eigenvalue weighted by atomic mass is 10.1. The Bertz CT molecular complexity index is 1160. The molecule has 0 aliphatic heterocycles. The molecule has 0 fully saturated rings. The van der Waals surface area contributed by atoms with Crippen LogP contribution in [0.15, 0.2) is 53.9 Å². The van der Waals surface area contributed by atoms with Crippen LogP contribution < -0.4 is 10.2 Å². The molecule has 1 heterocycles. The van der Waals surface area contributed by atoms with E-state index in [1.54, 1.807) is 54.3 Å². The summed E-state index contributed by atoms with van der Waals surface area (Å²) in [5.41, 5.74) is 2.01. The van der Waals surface area contributed by atoms with E-state index in [0.29, 0.717) is 11.4 Å². The lowest BCUT2D eigenvalue weighted by Crippen LogP contribution is -2.24. The zero-order valence-corrected chi connectivity index (χ0v) is 18.4. The maximum atomic E-state index is 13.0. The molecule has 0 unspecified atom stereocenters. The monoisotopic (exact) mass is 448 g/mol. The van der Waals surface area contributed by atoms with Gasteiger partial charge in [-0.05, 0) is 36.4 Å². The van der Waals surface area contributed by atoms with E-state index in [1.807, 2.05) is 0 Å². The van der Waals surface area contributed by atoms with Gasteiger partial charge in [0.15, 0.2) is 0 Å². The van der Waals surface area contributed by atoms with Crippen molar-refractivity contribution >= 4 is 38.9 Å². The molecule has 0 saturated heterocycles. The number of rotatable bonds is 6. The van der Waals surface area contributed by atoms with Crippen molar-refractivity contribution < 1.29 is 13.2 Å². The fourth-order valence-corrected chi connectivity index (χ4v) is 4.14.